The van der Waals surface area contributed by atoms with Crippen molar-refractivity contribution in [3.8, 4) is 0 Å². The first-order valence-corrected chi connectivity index (χ1v) is 5.00. The molecule has 0 aromatic carbocycles. The molecule has 0 amide bonds. The Morgan fingerprint density at radius 2 is 2.23 bits per heavy atom. The molecule has 0 aliphatic carbocycles. The molecule has 13 heavy (non-hydrogen) atoms. The molecule has 1 fully saturated rings. The van der Waals surface area contributed by atoms with Crippen LogP contribution in [0.5, 0.6) is 0 Å². The molecule has 5 N–H and O–H groups in total. The van der Waals surface area contributed by atoms with E-state index in [2.05, 4.69) is 17.2 Å². The fraction of sp³-hybridized carbons (Fsp3) is 0.889. The third-order valence-corrected chi connectivity index (χ3v) is 2.48. The van der Waals surface area contributed by atoms with Crippen molar-refractivity contribution in [2.24, 2.45) is 16.5 Å². The van der Waals surface area contributed by atoms with Crippen molar-refractivity contribution in [1.29, 1.82) is 0 Å². The van der Waals surface area contributed by atoms with Crippen molar-refractivity contribution in [2.75, 3.05) is 6.54 Å². The first kappa shape index (κ1) is 10.3. The summed E-state index contributed by atoms with van der Waals surface area (Å²) in [5.74, 6) is 0.198. The maximum Gasteiger partial charge on any atom is 0.185 e. The van der Waals surface area contributed by atoms with Gasteiger partial charge in [-0.05, 0) is 26.2 Å². The van der Waals surface area contributed by atoms with Crippen LogP contribution in [0.25, 0.3) is 0 Å². The molecule has 1 aliphatic rings. The Kier molecular flexibility index (Phi) is 4.02. The summed E-state index contributed by atoms with van der Waals surface area (Å²) in [7, 11) is 0. The van der Waals surface area contributed by atoms with E-state index in [4.69, 9.17) is 11.5 Å². The van der Waals surface area contributed by atoms with Gasteiger partial charge < -0.3 is 16.8 Å². The Balaban J connectivity index is 2.17. The zero-order valence-electron chi connectivity index (χ0n) is 8.29. The van der Waals surface area contributed by atoms with Crippen molar-refractivity contribution in [3.05, 3.63) is 0 Å². The molecule has 1 heterocycles. The van der Waals surface area contributed by atoms with Gasteiger partial charge in [-0.25, -0.2) is 0 Å². The molecule has 2 unspecified atom stereocenters. The van der Waals surface area contributed by atoms with Crippen LogP contribution >= 0.6 is 0 Å². The highest BCUT2D eigenvalue weighted by atomic mass is 15.0. The summed E-state index contributed by atoms with van der Waals surface area (Å²) < 4.78 is 0. The van der Waals surface area contributed by atoms with Gasteiger partial charge in [-0.15, -0.1) is 0 Å². The number of hydrogen-bond donors (Lipinski definition) is 3. The third-order valence-electron chi connectivity index (χ3n) is 2.48. The number of nitrogens with one attached hydrogen (secondary N) is 1. The fourth-order valence-corrected chi connectivity index (χ4v) is 1.82. The van der Waals surface area contributed by atoms with Gasteiger partial charge in [-0.2, -0.15) is 0 Å². The van der Waals surface area contributed by atoms with Crippen molar-refractivity contribution < 1.29 is 0 Å². The smallest absolute Gasteiger partial charge is 0.185 e. The average molecular weight is 184 g/mol. The molecule has 0 spiro atoms. The maximum atomic E-state index is 5.24. The van der Waals surface area contributed by atoms with Gasteiger partial charge in [-0.1, -0.05) is 6.42 Å². The molecule has 0 saturated carbocycles. The number of hydrogen-bond acceptors (Lipinski definition) is 2. The molecular weight excluding hydrogens is 164 g/mol. The second-order valence-electron chi connectivity index (χ2n) is 3.79. The Hall–Kier alpha value is -0.770. The van der Waals surface area contributed by atoms with Crippen molar-refractivity contribution in [2.45, 2.75) is 44.7 Å². The van der Waals surface area contributed by atoms with Gasteiger partial charge in [0.15, 0.2) is 5.96 Å². The number of rotatable bonds is 3. The molecule has 1 saturated heterocycles. The normalized spacial score (nSPS) is 28.4. The first-order valence-electron chi connectivity index (χ1n) is 5.00. The molecule has 2 atom stereocenters. The minimum absolute atomic E-state index is 0.198. The van der Waals surface area contributed by atoms with Gasteiger partial charge in [-0.3, -0.25) is 4.99 Å². The Bertz CT molecular complexity index is 174. The van der Waals surface area contributed by atoms with E-state index in [0.29, 0.717) is 12.1 Å². The first-order chi connectivity index (χ1) is 6.18. The summed E-state index contributed by atoms with van der Waals surface area (Å²) in [5.41, 5.74) is 10.5. The number of nitrogens with zero attached hydrogens (tertiary/aromatic N) is 1. The summed E-state index contributed by atoms with van der Waals surface area (Å²) >= 11 is 0. The van der Waals surface area contributed by atoms with E-state index in [1.807, 2.05) is 0 Å². The highest BCUT2D eigenvalue weighted by Crippen LogP contribution is 2.14. The Morgan fingerprint density at radius 3 is 2.85 bits per heavy atom. The van der Waals surface area contributed by atoms with Gasteiger partial charge in [0.25, 0.3) is 0 Å². The molecule has 4 nitrogen and oxygen atoms in total. The van der Waals surface area contributed by atoms with Crippen LogP contribution in [0.2, 0.25) is 0 Å². The third kappa shape index (κ3) is 4.12. The second-order valence-corrected chi connectivity index (χ2v) is 3.79. The van der Waals surface area contributed by atoms with Crippen molar-refractivity contribution in [1.82, 2.24) is 5.32 Å². The highest BCUT2D eigenvalue weighted by Gasteiger charge is 2.16. The van der Waals surface area contributed by atoms with Gasteiger partial charge in [0.1, 0.15) is 0 Å². The molecule has 0 aromatic heterocycles. The van der Waals surface area contributed by atoms with Gasteiger partial charge in [0.2, 0.25) is 0 Å². The molecule has 1 aliphatic heterocycles. The molecule has 0 bridgehead atoms. The molecule has 0 aromatic rings. The van der Waals surface area contributed by atoms with Crippen LogP contribution < -0.4 is 16.8 Å². The summed E-state index contributed by atoms with van der Waals surface area (Å²) in [6.45, 7) is 2.97. The lowest BCUT2D eigenvalue weighted by molar-refractivity contribution is 0.325. The maximum absolute atomic E-state index is 5.24. The van der Waals surface area contributed by atoms with Crippen LogP contribution in [0.3, 0.4) is 0 Å². The zero-order chi connectivity index (χ0) is 9.68. The lowest BCUT2D eigenvalue weighted by atomic mass is 9.97. The summed E-state index contributed by atoms with van der Waals surface area (Å²) in [4.78, 5) is 3.98. The zero-order valence-corrected chi connectivity index (χ0v) is 8.29. The van der Waals surface area contributed by atoms with E-state index < -0.39 is 0 Å². The predicted octanol–water partition coefficient (Wildman–Crippen LogP) is 0.181. The van der Waals surface area contributed by atoms with Gasteiger partial charge >= 0.3 is 0 Å². The lowest BCUT2D eigenvalue weighted by Gasteiger charge is -2.28. The minimum atomic E-state index is 0.198. The van der Waals surface area contributed by atoms with Crippen LogP contribution in [0.15, 0.2) is 4.99 Å². The van der Waals surface area contributed by atoms with Crippen LogP contribution in [0.4, 0.5) is 0 Å². The standard InChI is InChI=1S/C9H20N4/c1-7-3-2-4-8(13-7)5-6-12-9(10)11/h7-8,13H,2-6H2,1H3,(H4,10,11,12). The van der Waals surface area contributed by atoms with Crippen molar-refractivity contribution in [3.63, 3.8) is 0 Å². The molecule has 1 rings (SSSR count). The quantitative estimate of drug-likeness (QED) is 0.432. The average Bonchev–Trinajstić information content (AvgIpc) is 2.03. The molecule has 0 radical (unpaired) electrons. The SMILES string of the molecule is CC1CCCC(CCN=C(N)N)N1. The fourth-order valence-electron chi connectivity index (χ4n) is 1.82. The highest BCUT2D eigenvalue weighted by molar-refractivity contribution is 5.75. The van der Waals surface area contributed by atoms with Crippen molar-refractivity contribution >= 4 is 5.96 Å². The largest absolute Gasteiger partial charge is 0.370 e. The summed E-state index contributed by atoms with van der Waals surface area (Å²) in [5, 5.41) is 3.54. The number of nitrogens with two attached hydrogens (primary N) is 2. The summed E-state index contributed by atoms with van der Waals surface area (Å²) in [6.07, 6.45) is 4.91. The van der Waals surface area contributed by atoms with Crippen LogP contribution in [-0.2, 0) is 0 Å². The minimum Gasteiger partial charge on any atom is -0.370 e. The van der Waals surface area contributed by atoms with Gasteiger partial charge in [0.05, 0.1) is 0 Å². The van der Waals surface area contributed by atoms with E-state index >= 15 is 0 Å². The van der Waals surface area contributed by atoms with E-state index in [1.165, 1.54) is 19.3 Å². The molecular formula is C9H20N4. The number of piperidine rings is 1. The van der Waals surface area contributed by atoms with E-state index in [-0.39, 0.29) is 5.96 Å². The predicted molar refractivity (Wildman–Crippen MR) is 55.5 cm³/mol. The van der Waals surface area contributed by atoms with Crippen LogP contribution in [0.1, 0.15) is 32.6 Å². The van der Waals surface area contributed by atoms with E-state index in [0.717, 1.165) is 13.0 Å². The monoisotopic (exact) mass is 184 g/mol. The molecule has 76 valence electrons. The number of aliphatic imine (C=N–C) groups is 1. The summed E-state index contributed by atoms with van der Waals surface area (Å²) in [6, 6.07) is 1.25. The van der Waals surface area contributed by atoms with Crippen LogP contribution in [-0.4, -0.2) is 24.6 Å². The number of guanidine groups is 1. The second kappa shape index (κ2) is 5.07. The lowest BCUT2D eigenvalue weighted by Crippen LogP contribution is -2.40. The van der Waals surface area contributed by atoms with E-state index in [9.17, 15) is 0 Å². The molecule has 4 heteroatoms. The van der Waals surface area contributed by atoms with Crippen LogP contribution in [0, 0.1) is 0 Å². The van der Waals surface area contributed by atoms with E-state index in [1.54, 1.807) is 0 Å². The van der Waals surface area contributed by atoms with Gasteiger partial charge in [0, 0.05) is 18.6 Å². The topological polar surface area (TPSA) is 76.4 Å². The Morgan fingerprint density at radius 1 is 1.46 bits per heavy atom. The Labute approximate surface area is 79.8 Å².